The first-order chi connectivity index (χ1) is 11.6. The van der Waals surface area contributed by atoms with Gasteiger partial charge in [-0.05, 0) is 25.1 Å². The molecule has 1 saturated heterocycles. The van der Waals surface area contributed by atoms with Crippen molar-refractivity contribution in [2.24, 2.45) is 15.6 Å². The molecule has 2 rings (SSSR count). The number of benzene rings is 1. The summed E-state index contributed by atoms with van der Waals surface area (Å²) in [5.74, 6) is -0.501. The van der Waals surface area contributed by atoms with Gasteiger partial charge in [-0.3, -0.25) is 9.59 Å². The van der Waals surface area contributed by atoms with E-state index in [2.05, 4.69) is 20.8 Å². The van der Waals surface area contributed by atoms with E-state index in [0.717, 1.165) is 5.71 Å². The second-order valence-corrected chi connectivity index (χ2v) is 8.33. The molecule has 25 heavy (non-hydrogen) atoms. The van der Waals surface area contributed by atoms with Crippen LogP contribution in [0.1, 0.15) is 34.1 Å². The lowest BCUT2D eigenvalue weighted by Crippen LogP contribution is -2.28. The van der Waals surface area contributed by atoms with Gasteiger partial charge in [-0.15, -0.1) is 5.10 Å². The Bertz CT molecular complexity index is 740. The van der Waals surface area contributed by atoms with Crippen LogP contribution in [0.25, 0.3) is 0 Å². The highest BCUT2D eigenvalue weighted by molar-refractivity contribution is 8.15. The molecule has 1 fully saturated rings. The van der Waals surface area contributed by atoms with Crippen LogP contribution >= 0.6 is 23.4 Å². The van der Waals surface area contributed by atoms with E-state index < -0.39 is 5.25 Å². The second-order valence-electron chi connectivity index (χ2n) is 6.70. The van der Waals surface area contributed by atoms with Crippen LogP contribution in [-0.4, -0.2) is 27.9 Å². The van der Waals surface area contributed by atoms with Crippen LogP contribution in [0.5, 0.6) is 0 Å². The molecule has 0 unspecified atom stereocenters. The van der Waals surface area contributed by atoms with Crippen molar-refractivity contribution in [3.8, 4) is 0 Å². The number of hydrogen-bond acceptors (Lipinski definition) is 5. The summed E-state index contributed by atoms with van der Waals surface area (Å²) in [6, 6.07) is 6.86. The van der Waals surface area contributed by atoms with Crippen molar-refractivity contribution in [3.63, 3.8) is 0 Å². The van der Waals surface area contributed by atoms with Gasteiger partial charge < -0.3 is 10.6 Å². The molecule has 0 radical (unpaired) electrons. The van der Waals surface area contributed by atoms with Gasteiger partial charge >= 0.3 is 0 Å². The lowest BCUT2D eigenvalue weighted by atomic mass is 9.91. The summed E-state index contributed by atoms with van der Waals surface area (Å²) in [7, 11) is 0. The Morgan fingerprint density at radius 1 is 1.40 bits per heavy atom. The zero-order chi connectivity index (χ0) is 18.6. The minimum Gasteiger partial charge on any atom is -0.326 e. The highest BCUT2D eigenvalue weighted by Crippen LogP contribution is 2.24. The fraction of sp³-hybridized carbons (Fsp3) is 0.412. The number of halogens is 1. The van der Waals surface area contributed by atoms with Crippen LogP contribution in [0.3, 0.4) is 0 Å². The number of carbonyl (C=O) groups excluding carboxylic acids is 2. The molecule has 0 aliphatic carbocycles. The lowest BCUT2D eigenvalue weighted by molar-refractivity contribution is -0.122. The second kappa shape index (κ2) is 8.01. The lowest BCUT2D eigenvalue weighted by Gasteiger charge is -2.16. The average molecular weight is 381 g/mol. The van der Waals surface area contributed by atoms with E-state index in [9.17, 15) is 9.59 Å². The number of rotatable bonds is 4. The quantitative estimate of drug-likeness (QED) is 0.617. The Morgan fingerprint density at radius 2 is 2.12 bits per heavy atom. The summed E-state index contributed by atoms with van der Waals surface area (Å²) in [5, 5.41) is 14.0. The van der Waals surface area contributed by atoms with Crippen molar-refractivity contribution < 1.29 is 9.59 Å². The fourth-order valence-corrected chi connectivity index (χ4v) is 2.91. The number of hydrogen-bond donors (Lipinski definition) is 2. The topological polar surface area (TPSA) is 82.9 Å². The molecule has 0 saturated carbocycles. The van der Waals surface area contributed by atoms with Crippen molar-refractivity contribution in [1.29, 1.82) is 0 Å². The van der Waals surface area contributed by atoms with Crippen LogP contribution in [0.2, 0.25) is 5.02 Å². The van der Waals surface area contributed by atoms with E-state index in [1.54, 1.807) is 24.3 Å². The molecule has 2 N–H and O–H groups in total. The molecule has 0 spiro atoms. The molecule has 1 aliphatic rings. The Hall–Kier alpha value is -1.86. The van der Waals surface area contributed by atoms with E-state index in [-0.39, 0.29) is 23.7 Å². The highest BCUT2D eigenvalue weighted by Gasteiger charge is 2.32. The van der Waals surface area contributed by atoms with Gasteiger partial charge in [0.05, 0.1) is 0 Å². The van der Waals surface area contributed by atoms with Gasteiger partial charge in [0.1, 0.15) is 5.25 Å². The molecule has 134 valence electrons. The SMILES string of the molecule is C/C(=N/N=C1\NC(=O)[C@H](CC(=O)Nc2cccc(Cl)c2)S1)C(C)(C)C. The van der Waals surface area contributed by atoms with Gasteiger partial charge in [0, 0.05) is 28.3 Å². The van der Waals surface area contributed by atoms with Crippen molar-refractivity contribution in [1.82, 2.24) is 5.32 Å². The smallest absolute Gasteiger partial charge is 0.240 e. The van der Waals surface area contributed by atoms with E-state index in [1.165, 1.54) is 11.8 Å². The van der Waals surface area contributed by atoms with Gasteiger partial charge in [-0.25, -0.2) is 0 Å². The molecule has 0 aromatic heterocycles. The molecule has 6 nitrogen and oxygen atoms in total. The third kappa shape index (κ3) is 5.86. The van der Waals surface area contributed by atoms with Gasteiger partial charge in [0.2, 0.25) is 11.8 Å². The summed E-state index contributed by atoms with van der Waals surface area (Å²) >= 11 is 7.09. The first kappa shape index (κ1) is 19.5. The minimum atomic E-state index is -0.525. The standard InChI is InChI=1S/C17H21ClN4O2S/c1-10(17(2,3)4)21-22-16-20-15(24)13(25-16)9-14(23)19-12-7-5-6-11(18)8-12/h5-8,13H,9H2,1-4H3,(H,19,23)(H,20,22,24)/b21-10-/t13-/m0/s1. The normalized spacial score (nSPS) is 19.9. The van der Waals surface area contributed by atoms with Crippen LogP contribution < -0.4 is 10.6 Å². The molecule has 1 heterocycles. The summed E-state index contributed by atoms with van der Waals surface area (Å²) in [5.41, 5.74) is 1.37. The maximum Gasteiger partial charge on any atom is 0.240 e. The number of carbonyl (C=O) groups is 2. The molecule has 1 aromatic rings. The number of thioether (sulfide) groups is 1. The van der Waals surface area contributed by atoms with Crippen molar-refractivity contribution >= 4 is 51.7 Å². The largest absolute Gasteiger partial charge is 0.326 e. The number of amidine groups is 1. The monoisotopic (exact) mass is 380 g/mol. The highest BCUT2D eigenvalue weighted by atomic mass is 35.5. The average Bonchev–Trinajstić information content (AvgIpc) is 2.83. The predicted octanol–water partition coefficient (Wildman–Crippen LogP) is 3.68. The van der Waals surface area contributed by atoms with Crippen LogP contribution in [-0.2, 0) is 9.59 Å². The first-order valence-electron chi connectivity index (χ1n) is 7.81. The van der Waals surface area contributed by atoms with Crippen molar-refractivity contribution in [3.05, 3.63) is 29.3 Å². The van der Waals surface area contributed by atoms with Gasteiger partial charge in [-0.2, -0.15) is 5.10 Å². The zero-order valence-corrected chi connectivity index (χ0v) is 16.2. The van der Waals surface area contributed by atoms with E-state index in [0.29, 0.717) is 15.9 Å². The third-order valence-corrected chi connectivity index (χ3v) is 4.94. The molecule has 1 aromatic carbocycles. The van der Waals surface area contributed by atoms with Crippen LogP contribution in [0.15, 0.2) is 34.5 Å². The number of nitrogens with one attached hydrogen (secondary N) is 2. The van der Waals surface area contributed by atoms with Crippen LogP contribution in [0.4, 0.5) is 5.69 Å². The number of nitrogens with zero attached hydrogens (tertiary/aromatic N) is 2. The minimum absolute atomic E-state index is 0.0456. The number of amides is 2. The van der Waals surface area contributed by atoms with Gasteiger partial charge in [0.25, 0.3) is 0 Å². The Labute approximate surface area is 156 Å². The number of anilines is 1. The summed E-state index contributed by atoms with van der Waals surface area (Å²) < 4.78 is 0. The Kier molecular flexibility index (Phi) is 6.24. The molecule has 1 atom stereocenters. The van der Waals surface area contributed by atoms with Crippen LogP contribution in [0, 0.1) is 5.41 Å². The molecule has 2 amide bonds. The maximum atomic E-state index is 12.1. The van der Waals surface area contributed by atoms with E-state index in [1.807, 2.05) is 27.7 Å². The first-order valence-corrected chi connectivity index (χ1v) is 9.06. The molecule has 0 bridgehead atoms. The van der Waals surface area contributed by atoms with E-state index >= 15 is 0 Å². The van der Waals surface area contributed by atoms with Gasteiger partial charge in [0.15, 0.2) is 5.17 Å². The summed E-state index contributed by atoms with van der Waals surface area (Å²) in [4.78, 5) is 24.1. The maximum absolute atomic E-state index is 12.1. The molecule has 1 aliphatic heterocycles. The Balaban J connectivity index is 1.95. The summed E-state index contributed by atoms with van der Waals surface area (Å²) in [6.45, 7) is 8.00. The van der Waals surface area contributed by atoms with E-state index in [4.69, 9.17) is 11.6 Å². The third-order valence-electron chi connectivity index (χ3n) is 3.63. The summed E-state index contributed by atoms with van der Waals surface area (Å²) in [6.07, 6.45) is 0.0456. The molecular weight excluding hydrogens is 360 g/mol. The van der Waals surface area contributed by atoms with Crippen molar-refractivity contribution in [2.45, 2.75) is 39.4 Å². The van der Waals surface area contributed by atoms with Crippen molar-refractivity contribution in [2.75, 3.05) is 5.32 Å². The molecule has 8 heteroatoms. The fourth-order valence-electron chi connectivity index (χ4n) is 1.80. The zero-order valence-electron chi connectivity index (χ0n) is 14.6. The predicted molar refractivity (Wildman–Crippen MR) is 104 cm³/mol. The Morgan fingerprint density at radius 3 is 2.76 bits per heavy atom. The molecular formula is C17H21ClN4O2S. The van der Waals surface area contributed by atoms with Gasteiger partial charge in [-0.1, -0.05) is 50.2 Å².